The van der Waals surface area contributed by atoms with Gasteiger partial charge in [-0.3, -0.25) is 23.2 Å². The molecule has 0 bridgehead atoms. The number of nitrogens with two attached hydrogens (primary N) is 1. The topological polar surface area (TPSA) is 306 Å². The minimum absolute atomic E-state index is 0.00995. The highest BCUT2D eigenvalue weighted by atomic mass is 31.3. The van der Waals surface area contributed by atoms with Crippen LogP contribution in [0.2, 0.25) is 0 Å². The Labute approximate surface area is 430 Å². The summed E-state index contributed by atoms with van der Waals surface area (Å²) in [5, 5.41) is 41.0. The Bertz CT molecular complexity index is 2060. The Morgan fingerprint density at radius 1 is 0.781 bits per heavy atom. The molecule has 8 N–H and O–H groups in total. The van der Waals surface area contributed by atoms with Crippen molar-refractivity contribution < 1.29 is 76.5 Å². The Balaban J connectivity index is 1.86. The van der Waals surface area contributed by atoms with Gasteiger partial charge in [-0.25, -0.2) is 13.9 Å². The molecule has 1 aromatic heterocycles. The molecule has 1 saturated heterocycles. The van der Waals surface area contributed by atoms with Crippen LogP contribution in [0.4, 0.5) is 5.82 Å². The van der Waals surface area contributed by atoms with Crippen molar-refractivity contribution >= 4 is 33.4 Å². The number of anilines is 1. The molecule has 1 aliphatic heterocycles. The minimum atomic E-state index is -5.46. The fraction of sp³-hybridized carbons (Fsp3) is 0.647. The van der Waals surface area contributed by atoms with Crippen LogP contribution in [0.5, 0.6) is 0 Å². The maximum Gasteiger partial charge on any atom is 0.481 e. The van der Waals surface area contributed by atoms with Crippen LogP contribution < -0.4 is 11.4 Å². The standard InChI is InChI=1S/C51H83N3O17P2/c1-4-6-21-29-41(55)31-24-19-20-25-32-42(56)30-23-16-13-14-17-26-33-46(57)66-37-43(69-47(58)34-27-18-12-10-8-7-9-11-15-22-28-40(3)5-2)38-67-72(62,63)71-73(64,65)68-39-44-48(59)49(60)50(70-44)54-36-35-45(52)53-51(54)61/h6,14,16-17,19-21,23-25,31-32,35-36,40-44,48-50,55-56,59-60H,4-5,7-13,15,18,22,26-30,33-34,37-39H2,1-3H3,(H,62,63)(H,64,65)(H2,52,53,61)/b17-14-,20-19-,21-6-,23-16-,31-24+,32-25+/t40?,41-,42+,43-,44-,48-,49-,50-/m1/s1. The third kappa shape index (κ3) is 30.9. The molecule has 1 aromatic rings. The van der Waals surface area contributed by atoms with Crippen molar-refractivity contribution in [3.63, 3.8) is 0 Å². The number of carbonyl (C=O) groups excluding carboxylic acids is 2. The first-order chi connectivity index (χ1) is 34.9. The van der Waals surface area contributed by atoms with Gasteiger partial charge < -0.3 is 50.2 Å². The van der Waals surface area contributed by atoms with Crippen LogP contribution in [0.1, 0.15) is 149 Å². The van der Waals surface area contributed by atoms with Gasteiger partial charge in [0.25, 0.3) is 0 Å². The fourth-order valence-corrected chi connectivity index (χ4v) is 9.25. The largest absolute Gasteiger partial charge is 0.481 e. The van der Waals surface area contributed by atoms with Crippen molar-refractivity contribution in [3.05, 3.63) is 95.7 Å². The zero-order valence-corrected chi connectivity index (χ0v) is 44.6. The summed E-state index contributed by atoms with van der Waals surface area (Å²) in [6, 6.07) is 1.24. The van der Waals surface area contributed by atoms with Crippen molar-refractivity contribution in [2.75, 3.05) is 25.6 Å². The highest BCUT2D eigenvalue weighted by Gasteiger charge is 2.46. The molecule has 1 fully saturated rings. The van der Waals surface area contributed by atoms with E-state index in [1.165, 1.54) is 51.0 Å². The molecule has 20 nitrogen and oxygen atoms in total. The lowest BCUT2D eigenvalue weighted by atomic mass is 9.99. The van der Waals surface area contributed by atoms with Crippen LogP contribution in [-0.2, 0) is 46.3 Å². The lowest BCUT2D eigenvalue weighted by Gasteiger charge is -2.21. The number of phosphoric ester groups is 2. The molecule has 22 heteroatoms. The lowest BCUT2D eigenvalue weighted by molar-refractivity contribution is -0.161. The van der Waals surface area contributed by atoms with Gasteiger partial charge in [0, 0.05) is 19.0 Å². The number of esters is 2. The minimum Gasteiger partial charge on any atom is -0.462 e. The molecule has 414 valence electrons. The van der Waals surface area contributed by atoms with E-state index in [2.05, 4.69) is 23.1 Å². The molecule has 10 atom stereocenters. The van der Waals surface area contributed by atoms with E-state index in [1.807, 2.05) is 37.3 Å². The average molecular weight is 1070 g/mol. The summed E-state index contributed by atoms with van der Waals surface area (Å²) in [6.07, 6.45) is 29.2. The molecule has 73 heavy (non-hydrogen) atoms. The van der Waals surface area contributed by atoms with Gasteiger partial charge in [-0.05, 0) is 50.5 Å². The van der Waals surface area contributed by atoms with Crippen molar-refractivity contribution in [3.8, 4) is 0 Å². The molecule has 3 unspecified atom stereocenters. The summed E-state index contributed by atoms with van der Waals surface area (Å²) in [5.41, 5.74) is 4.57. The third-order valence-electron chi connectivity index (χ3n) is 11.5. The number of rotatable bonds is 40. The number of carbonyl (C=O) groups is 2. The van der Waals surface area contributed by atoms with Gasteiger partial charge in [0.15, 0.2) is 12.3 Å². The van der Waals surface area contributed by atoms with Crippen molar-refractivity contribution in [1.29, 1.82) is 0 Å². The molecule has 0 saturated carbocycles. The van der Waals surface area contributed by atoms with E-state index < -0.39 is 95.9 Å². The van der Waals surface area contributed by atoms with Crippen molar-refractivity contribution in [1.82, 2.24) is 9.55 Å². The lowest BCUT2D eigenvalue weighted by Crippen LogP contribution is -2.36. The monoisotopic (exact) mass is 1070 g/mol. The van der Waals surface area contributed by atoms with Crippen LogP contribution in [0.3, 0.4) is 0 Å². The number of nitrogens with zero attached hydrogens (tertiary/aromatic N) is 2. The predicted molar refractivity (Wildman–Crippen MR) is 277 cm³/mol. The molecular formula is C51H83N3O17P2. The number of phosphoric acid groups is 2. The molecule has 0 aromatic carbocycles. The number of aliphatic hydroxyl groups is 4. The summed E-state index contributed by atoms with van der Waals surface area (Å²) in [6.45, 7) is 4.09. The summed E-state index contributed by atoms with van der Waals surface area (Å²) in [4.78, 5) is 61.9. The summed E-state index contributed by atoms with van der Waals surface area (Å²) in [5.74, 6) is -0.696. The predicted octanol–water partition coefficient (Wildman–Crippen LogP) is 8.30. The zero-order chi connectivity index (χ0) is 53.9. The number of nitrogen functional groups attached to an aromatic ring is 1. The van der Waals surface area contributed by atoms with Gasteiger partial charge in [-0.1, -0.05) is 164 Å². The molecule has 0 aliphatic carbocycles. The number of allylic oxidation sites excluding steroid dienone is 8. The van der Waals surface area contributed by atoms with E-state index in [4.69, 9.17) is 29.0 Å². The van der Waals surface area contributed by atoms with Crippen LogP contribution in [-0.4, -0.2) is 108 Å². The van der Waals surface area contributed by atoms with Gasteiger partial charge in [-0.15, -0.1) is 0 Å². The average Bonchev–Trinajstić information content (AvgIpc) is 3.62. The second-order valence-electron chi connectivity index (χ2n) is 17.9. The number of ether oxygens (including phenoxy) is 3. The Hall–Kier alpha value is -3.88. The summed E-state index contributed by atoms with van der Waals surface area (Å²) < 4.78 is 56.6. The fourth-order valence-electron chi connectivity index (χ4n) is 7.14. The van der Waals surface area contributed by atoms with Gasteiger partial charge >= 0.3 is 33.3 Å². The molecule has 0 spiro atoms. The number of unbranched alkanes of at least 4 members (excludes halogenated alkanes) is 9. The summed E-state index contributed by atoms with van der Waals surface area (Å²) in [7, 11) is -10.9. The first-order valence-electron chi connectivity index (χ1n) is 25.6. The molecule has 2 rings (SSSR count). The van der Waals surface area contributed by atoms with Crippen molar-refractivity contribution in [2.24, 2.45) is 5.92 Å². The molecule has 1 aliphatic rings. The molecule has 0 radical (unpaired) electrons. The number of hydrogen-bond acceptors (Lipinski definition) is 17. The second-order valence-corrected chi connectivity index (χ2v) is 21.0. The zero-order valence-electron chi connectivity index (χ0n) is 42.8. The van der Waals surface area contributed by atoms with Crippen LogP contribution >= 0.6 is 15.6 Å². The normalized spacial score (nSPS) is 20.9. The SMILES string of the molecule is CC/C=C\C[C@@H](O)/C=C/C=C\C=C\[C@@H](O)C/C=C\C/C=C\CCC(=O)OC[C@H](COP(=O)(O)OP(=O)(O)OC[C@H]1O[C@@H](n2ccc(N)nc2=O)[C@H](O)[C@@H]1O)OC(=O)CCCCCCCCCCCCC(C)CC. The Morgan fingerprint density at radius 2 is 1.37 bits per heavy atom. The van der Waals surface area contributed by atoms with Crippen molar-refractivity contribution in [2.45, 2.75) is 186 Å². The second kappa shape index (κ2) is 37.8. The van der Waals surface area contributed by atoms with Crippen LogP contribution in [0.15, 0.2) is 90.0 Å². The third-order valence-corrected chi connectivity index (χ3v) is 14.1. The maximum atomic E-state index is 12.9. The first kappa shape index (κ1) is 65.2. The smallest absolute Gasteiger partial charge is 0.462 e. The highest BCUT2D eigenvalue weighted by Crippen LogP contribution is 2.60. The number of aliphatic hydroxyl groups excluding tert-OH is 4. The van der Waals surface area contributed by atoms with E-state index in [0.29, 0.717) is 32.1 Å². The van der Waals surface area contributed by atoms with Gasteiger partial charge in [0.2, 0.25) is 0 Å². The first-order valence-corrected chi connectivity index (χ1v) is 28.6. The van der Waals surface area contributed by atoms with Crippen LogP contribution in [0.25, 0.3) is 0 Å². The van der Waals surface area contributed by atoms with E-state index in [0.717, 1.165) is 48.8 Å². The maximum absolute atomic E-state index is 12.9. The van der Waals surface area contributed by atoms with Gasteiger partial charge in [0.05, 0.1) is 25.4 Å². The van der Waals surface area contributed by atoms with Gasteiger partial charge in [-0.2, -0.15) is 9.29 Å². The number of aromatic nitrogens is 2. The quantitative estimate of drug-likeness (QED) is 0.0107. The van der Waals surface area contributed by atoms with Crippen LogP contribution in [0, 0.1) is 5.92 Å². The van der Waals surface area contributed by atoms with E-state index >= 15 is 0 Å². The number of hydrogen-bond donors (Lipinski definition) is 7. The Morgan fingerprint density at radius 3 is 1.99 bits per heavy atom. The molecule has 2 heterocycles. The molecular weight excluding hydrogens is 989 g/mol. The van der Waals surface area contributed by atoms with E-state index in [9.17, 15) is 53.7 Å². The van der Waals surface area contributed by atoms with Gasteiger partial charge in [0.1, 0.15) is 30.7 Å². The molecule has 0 amide bonds. The summed E-state index contributed by atoms with van der Waals surface area (Å²) >= 11 is 0. The van der Waals surface area contributed by atoms with E-state index in [1.54, 1.807) is 42.5 Å². The highest BCUT2D eigenvalue weighted by molar-refractivity contribution is 7.61. The van der Waals surface area contributed by atoms with E-state index in [-0.39, 0.29) is 18.7 Å². The Kier molecular flexibility index (Phi) is 33.8.